The average molecular weight is 258 g/mol. The van der Waals surface area contributed by atoms with Gasteiger partial charge in [-0.3, -0.25) is 0 Å². The van der Waals surface area contributed by atoms with Crippen LogP contribution in [0.5, 0.6) is 0 Å². The molecule has 0 amide bonds. The fourth-order valence-electron chi connectivity index (χ4n) is 1.14. The van der Waals surface area contributed by atoms with Crippen LogP contribution in [0.2, 0.25) is 10.3 Å². The maximum absolute atomic E-state index is 13.3. The molecule has 82 valence electrons. The molecule has 0 aliphatic rings. The fraction of sp³-hybridized carbons (Fsp3) is 0. The molecule has 0 atom stereocenters. The molecule has 1 aromatic heterocycles. The molecule has 3 nitrogen and oxygen atoms in total. The Labute approximate surface area is 101 Å². The van der Waals surface area contributed by atoms with Gasteiger partial charge in [-0.2, -0.15) is 0 Å². The van der Waals surface area contributed by atoms with Gasteiger partial charge in [0.1, 0.15) is 17.8 Å². The van der Waals surface area contributed by atoms with Crippen molar-refractivity contribution in [1.82, 2.24) is 9.97 Å². The Balaban J connectivity index is 2.38. The molecule has 16 heavy (non-hydrogen) atoms. The number of nitrogens with zero attached hydrogens (tertiary/aromatic N) is 2. The Kier molecular flexibility index (Phi) is 3.22. The second kappa shape index (κ2) is 4.63. The van der Waals surface area contributed by atoms with E-state index in [9.17, 15) is 4.39 Å². The lowest BCUT2D eigenvalue weighted by molar-refractivity contribution is 0.632. The topological polar surface area (TPSA) is 37.8 Å². The molecule has 2 rings (SSSR count). The molecule has 0 saturated carbocycles. The molecule has 1 heterocycles. The van der Waals surface area contributed by atoms with E-state index in [-0.39, 0.29) is 21.7 Å². The molecule has 0 spiro atoms. The lowest BCUT2D eigenvalue weighted by Gasteiger charge is -2.09. The summed E-state index contributed by atoms with van der Waals surface area (Å²) in [6, 6.07) is 6.17. The first-order valence-electron chi connectivity index (χ1n) is 4.36. The summed E-state index contributed by atoms with van der Waals surface area (Å²) in [4.78, 5) is 7.50. The number of halogens is 3. The second-order valence-electron chi connectivity index (χ2n) is 2.94. The van der Waals surface area contributed by atoms with Crippen LogP contribution in [0.1, 0.15) is 0 Å². The normalized spacial score (nSPS) is 10.2. The van der Waals surface area contributed by atoms with E-state index in [0.29, 0.717) is 0 Å². The largest absolute Gasteiger partial charge is 0.348 e. The van der Waals surface area contributed by atoms with Gasteiger partial charge in [0.15, 0.2) is 10.3 Å². The molecular weight excluding hydrogens is 252 g/mol. The maximum Gasteiger partial charge on any atom is 0.157 e. The zero-order valence-electron chi connectivity index (χ0n) is 7.92. The van der Waals surface area contributed by atoms with Gasteiger partial charge in [0.25, 0.3) is 0 Å². The van der Waals surface area contributed by atoms with Crippen LogP contribution in [0.15, 0.2) is 30.6 Å². The molecular formula is C10H6Cl2FN3. The summed E-state index contributed by atoms with van der Waals surface area (Å²) in [6.45, 7) is 0. The number of aromatic nitrogens is 2. The summed E-state index contributed by atoms with van der Waals surface area (Å²) >= 11 is 11.6. The van der Waals surface area contributed by atoms with Crippen LogP contribution in [0, 0.1) is 5.82 Å². The maximum atomic E-state index is 13.3. The molecule has 0 fully saturated rings. The molecule has 1 aromatic carbocycles. The SMILES string of the molecule is Fc1ccccc1Nc1c(Cl)ncnc1Cl. The zero-order valence-corrected chi connectivity index (χ0v) is 9.43. The van der Waals surface area contributed by atoms with Crippen molar-refractivity contribution in [2.24, 2.45) is 0 Å². The van der Waals surface area contributed by atoms with E-state index in [1.54, 1.807) is 18.2 Å². The number of para-hydroxylation sites is 1. The number of hydrogen-bond donors (Lipinski definition) is 1. The third-order valence-corrected chi connectivity index (χ3v) is 2.46. The molecule has 1 N–H and O–H groups in total. The summed E-state index contributed by atoms with van der Waals surface area (Å²) < 4.78 is 13.3. The molecule has 0 bridgehead atoms. The highest BCUT2D eigenvalue weighted by atomic mass is 35.5. The third-order valence-electron chi connectivity index (χ3n) is 1.89. The van der Waals surface area contributed by atoms with Crippen LogP contribution in [-0.2, 0) is 0 Å². The lowest BCUT2D eigenvalue weighted by Crippen LogP contribution is -1.97. The van der Waals surface area contributed by atoms with Crippen molar-refractivity contribution in [3.63, 3.8) is 0 Å². The highest BCUT2D eigenvalue weighted by Crippen LogP contribution is 2.29. The standard InChI is InChI=1S/C10H6Cl2FN3/c11-9-8(10(12)15-5-14-9)16-7-4-2-1-3-6(7)13/h1-5,16H. The summed E-state index contributed by atoms with van der Waals surface area (Å²) in [5.74, 6) is -0.404. The van der Waals surface area contributed by atoms with Gasteiger partial charge >= 0.3 is 0 Å². The van der Waals surface area contributed by atoms with Gasteiger partial charge in [-0.15, -0.1) is 0 Å². The van der Waals surface area contributed by atoms with Gasteiger partial charge in [0.05, 0.1) is 5.69 Å². The zero-order chi connectivity index (χ0) is 11.5. The summed E-state index contributed by atoms with van der Waals surface area (Å²) in [7, 11) is 0. The Bertz CT molecular complexity index is 499. The van der Waals surface area contributed by atoms with Crippen molar-refractivity contribution in [2.45, 2.75) is 0 Å². The van der Waals surface area contributed by atoms with Crippen molar-refractivity contribution in [2.75, 3.05) is 5.32 Å². The van der Waals surface area contributed by atoms with Crippen molar-refractivity contribution in [1.29, 1.82) is 0 Å². The quantitative estimate of drug-likeness (QED) is 0.835. The van der Waals surface area contributed by atoms with Crippen molar-refractivity contribution >= 4 is 34.6 Å². The van der Waals surface area contributed by atoms with Crippen LogP contribution in [0.4, 0.5) is 15.8 Å². The number of benzene rings is 1. The Hall–Kier alpha value is -1.39. The molecule has 2 aromatic rings. The van der Waals surface area contributed by atoms with Gasteiger partial charge in [0.2, 0.25) is 0 Å². The van der Waals surface area contributed by atoms with E-state index in [4.69, 9.17) is 23.2 Å². The Morgan fingerprint density at radius 1 is 1.06 bits per heavy atom. The molecule has 0 radical (unpaired) electrons. The van der Waals surface area contributed by atoms with E-state index in [1.807, 2.05) is 0 Å². The van der Waals surface area contributed by atoms with Gasteiger partial charge in [-0.1, -0.05) is 35.3 Å². The third kappa shape index (κ3) is 2.23. The van der Waals surface area contributed by atoms with E-state index in [2.05, 4.69) is 15.3 Å². The minimum absolute atomic E-state index is 0.142. The van der Waals surface area contributed by atoms with E-state index in [1.165, 1.54) is 12.4 Å². The Morgan fingerprint density at radius 3 is 2.31 bits per heavy atom. The summed E-state index contributed by atoms with van der Waals surface area (Å²) in [5, 5.41) is 3.03. The van der Waals surface area contributed by atoms with Gasteiger partial charge < -0.3 is 5.32 Å². The summed E-state index contributed by atoms with van der Waals surface area (Å²) in [6.07, 6.45) is 1.23. The molecule has 0 aliphatic heterocycles. The van der Waals surface area contributed by atoms with E-state index >= 15 is 0 Å². The second-order valence-corrected chi connectivity index (χ2v) is 3.65. The van der Waals surface area contributed by atoms with Crippen LogP contribution < -0.4 is 5.32 Å². The number of nitrogens with one attached hydrogen (secondary N) is 1. The van der Waals surface area contributed by atoms with Crippen LogP contribution in [-0.4, -0.2) is 9.97 Å². The first-order chi connectivity index (χ1) is 7.68. The monoisotopic (exact) mass is 257 g/mol. The highest BCUT2D eigenvalue weighted by Gasteiger charge is 2.09. The van der Waals surface area contributed by atoms with Gasteiger partial charge in [0, 0.05) is 0 Å². The van der Waals surface area contributed by atoms with E-state index in [0.717, 1.165) is 0 Å². The van der Waals surface area contributed by atoms with Gasteiger partial charge in [-0.25, -0.2) is 14.4 Å². The molecule has 0 saturated heterocycles. The van der Waals surface area contributed by atoms with Crippen LogP contribution in [0.3, 0.4) is 0 Å². The first kappa shape index (κ1) is 11.1. The smallest absolute Gasteiger partial charge is 0.157 e. The minimum atomic E-state index is -0.404. The molecule has 0 unspecified atom stereocenters. The predicted octanol–water partition coefficient (Wildman–Crippen LogP) is 3.67. The lowest BCUT2D eigenvalue weighted by atomic mass is 10.3. The number of anilines is 2. The van der Waals surface area contributed by atoms with Crippen LogP contribution in [0.25, 0.3) is 0 Å². The van der Waals surface area contributed by atoms with Crippen LogP contribution >= 0.6 is 23.2 Å². The number of hydrogen-bond acceptors (Lipinski definition) is 3. The molecule has 6 heteroatoms. The summed E-state index contributed by atoms with van der Waals surface area (Å²) in [5.41, 5.74) is 0.553. The Morgan fingerprint density at radius 2 is 1.69 bits per heavy atom. The van der Waals surface area contributed by atoms with Crippen molar-refractivity contribution in [3.05, 3.63) is 46.7 Å². The van der Waals surface area contributed by atoms with E-state index < -0.39 is 5.82 Å². The molecule has 0 aliphatic carbocycles. The van der Waals surface area contributed by atoms with Crippen molar-refractivity contribution in [3.8, 4) is 0 Å². The highest BCUT2D eigenvalue weighted by molar-refractivity contribution is 6.37. The first-order valence-corrected chi connectivity index (χ1v) is 5.11. The van der Waals surface area contributed by atoms with Crippen molar-refractivity contribution < 1.29 is 4.39 Å². The average Bonchev–Trinajstić information content (AvgIpc) is 2.26. The fourth-order valence-corrected chi connectivity index (χ4v) is 1.55. The number of rotatable bonds is 2. The minimum Gasteiger partial charge on any atom is -0.348 e. The van der Waals surface area contributed by atoms with Gasteiger partial charge in [-0.05, 0) is 12.1 Å². The predicted molar refractivity (Wildman–Crippen MR) is 61.7 cm³/mol.